The fourth-order valence-electron chi connectivity index (χ4n) is 2.95. The van der Waals surface area contributed by atoms with E-state index < -0.39 is 0 Å². The van der Waals surface area contributed by atoms with Crippen molar-refractivity contribution in [1.82, 2.24) is 25.2 Å². The van der Waals surface area contributed by atoms with Crippen molar-refractivity contribution in [1.29, 1.82) is 0 Å². The van der Waals surface area contributed by atoms with Crippen LogP contribution in [-0.4, -0.2) is 46.4 Å². The first-order valence-corrected chi connectivity index (χ1v) is 8.87. The predicted octanol–water partition coefficient (Wildman–Crippen LogP) is 1.60. The molecule has 3 aromatic rings. The van der Waals surface area contributed by atoms with Crippen molar-refractivity contribution in [2.45, 2.75) is 19.0 Å². The Bertz CT molecular complexity index is 969. The number of nitrogens with zero attached hydrogens (tertiary/aromatic N) is 4. The minimum Gasteiger partial charge on any atom is -0.354 e. The lowest BCUT2D eigenvalue weighted by molar-refractivity contribution is -0.121. The molecule has 0 bridgehead atoms. The number of hydrogen-bond acceptors (Lipinski definition) is 5. The van der Waals surface area contributed by atoms with Gasteiger partial charge in [-0.2, -0.15) is 0 Å². The standard InChI is InChI=1S/C20H23N5O2/c1-24(2)18(15-8-4-3-5-9-15)14-21-19(26)12-13-25-20(27)16-10-6-7-11-17(16)22-23-25/h3-11,18H,12-14H2,1-2H3,(H,21,26)/t18-/m0/s1. The number of hydrogen-bond donors (Lipinski definition) is 1. The molecule has 1 heterocycles. The smallest absolute Gasteiger partial charge is 0.277 e. The Morgan fingerprint density at radius 3 is 2.56 bits per heavy atom. The van der Waals surface area contributed by atoms with Crippen LogP contribution >= 0.6 is 0 Å². The molecule has 0 spiro atoms. The second-order valence-corrected chi connectivity index (χ2v) is 6.58. The monoisotopic (exact) mass is 365 g/mol. The highest BCUT2D eigenvalue weighted by atomic mass is 16.2. The Morgan fingerprint density at radius 1 is 1.11 bits per heavy atom. The molecule has 7 nitrogen and oxygen atoms in total. The Balaban J connectivity index is 1.60. The maximum absolute atomic E-state index is 12.4. The van der Waals surface area contributed by atoms with Crippen molar-refractivity contribution in [2.24, 2.45) is 0 Å². The Labute approximate surface area is 157 Å². The molecule has 0 radical (unpaired) electrons. The van der Waals surface area contributed by atoms with Crippen molar-refractivity contribution >= 4 is 16.8 Å². The van der Waals surface area contributed by atoms with E-state index in [4.69, 9.17) is 0 Å². The maximum Gasteiger partial charge on any atom is 0.277 e. The van der Waals surface area contributed by atoms with E-state index in [1.165, 1.54) is 4.68 Å². The van der Waals surface area contributed by atoms with Gasteiger partial charge in [-0.15, -0.1) is 5.10 Å². The number of benzene rings is 2. The van der Waals surface area contributed by atoms with E-state index in [9.17, 15) is 9.59 Å². The molecule has 1 atom stereocenters. The first kappa shape index (κ1) is 18.7. The van der Waals surface area contributed by atoms with E-state index in [1.807, 2.05) is 50.5 Å². The van der Waals surface area contributed by atoms with Gasteiger partial charge in [0.1, 0.15) is 5.52 Å². The molecule has 1 N–H and O–H groups in total. The van der Waals surface area contributed by atoms with Crippen LogP contribution in [0.15, 0.2) is 59.4 Å². The largest absolute Gasteiger partial charge is 0.354 e. The van der Waals surface area contributed by atoms with Gasteiger partial charge >= 0.3 is 0 Å². The third-order valence-corrected chi connectivity index (χ3v) is 4.48. The second-order valence-electron chi connectivity index (χ2n) is 6.58. The van der Waals surface area contributed by atoms with E-state index in [1.54, 1.807) is 18.2 Å². The first-order valence-electron chi connectivity index (χ1n) is 8.87. The Hall–Kier alpha value is -3.06. The molecule has 2 aromatic carbocycles. The van der Waals surface area contributed by atoms with Crippen LogP contribution in [0.4, 0.5) is 0 Å². The summed E-state index contributed by atoms with van der Waals surface area (Å²) in [6, 6.07) is 17.2. The summed E-state index contributed by atoms with van der Waals surface area (Å²) in [5.74, 6) is -0.125. The van der Waals surface area contributed by atoms with Crippen LogP contribution in [0, 0.1) is 0 Å². The van der Waals surface area contributed by atoms with Gasteiger partial charge in [-0.3, -0.25) is 9.59 Å². The second kappa shape index (κ2) is 8.55. The number of amides is 1. The lowest BCUT2D eigenvalue weighted by Crippen LogP contribution is -2.35. The number of aromatic nitrogens is 3. The highest BCUT2D eigenvalue weighted by Gasteiger charge is 2.15. The van der Waals surface area contributed by atoms with Gasteiger partial charge in [0.25, 0.3) is 5.56 Å². The summed E-state index contributed by atoms with van der Waals surface area (Å²) in [7, 11) is 3.96. The van der Waals surface area contributed by atoms with Crippen LogP contribution in [-0.2, 0) is 11.3 Å². The third-order valence-electron chi connectivity index (χ3n) is 4.48. The van der Waals surface area contributed by atoms with Gasteiger partial charge in [0.05, 0.1) is 18.0 Å². The van der Waals surface area contributed by atoms with Gasteiger partial charge in [-0.25, -0.2) is 4.68 Å². The van der Waals surface area contributed by atoms with Gasteiger partial charge in [0.2, 0.25) is 5.91 Å². The summed E-state index contributed by atoms with van der Waals surface area (Å²) in [6.07, 6.45) is 0.169. The minimum atomic E-state index is -0.233. The zero-order chi connectivity index (χ0) is 19.2. The summed E-state index contributed by atoms with van der Waals surface area (Å²) in [5.41, 5.74) is 1.46. The molecule has 0 unspecified atom stereocenters. The van der Waals surface area contributed by atoms with Crippen LogP contribution < -0.4 is 10.9 Å². The molecule has 0 aliphatic carbocycles. The fourth-order valence-corrected chi connectivity index (χ4v) is 2.95. The number of likely N-dealkylation sites (N-methyl/N-ethyl adjacent to an activating group) is 1. The molecule has 0 saturated heterocycles. The van der Waals surface area contributed by atoms with Gasteiger partial charge < -0.3 is 10.2 Å². The van der Waals surface area contributed by atoms with Crippen molar-refractivity contribution in [3.05, 3.63) is 70.5 Å². The summed E-state index contributed by atoms with van der Waals surface area (Å²) < 4.78 is 1.24. The molecule has 27 heavy (non-hydrogen) atoms. The number of fused-ring (bicyclic) bond motifs is 1. The average Bonchev–Trinajstić information content (AvgIpc) is 2.68. The van der Waals surface area contributed by atoms with Crippen molar-refractivity contribution in [3.8, 4) is 0 Å². The number of carbonyl (C=O) groups excluding carboxylic acids is 1. The molecule has 1 aromatic heterocycles. The average molecular weight is 365 g/mol. The van der Waals surface area contributed by atoms with Crippen molar-refractivity contribution in [2.75, 3.05) is 20.6 Å². The summed E-state index contributed by atoms with van der Waals surface area (Å²) in [4.78, 5) is 26.7. The van der Waals surface area contributed by atoms with Crippen LogP contribution in [0.25, 0.3) is 10.9 Å². The van der Waals surface area contributed by atoms with Crippen LogP contribution in [0.1, 0.15) is 18.0 Å². The van der Waals surface area contributed by atoms with Gasteiger partial charge in [0, 0.05) is 13.0 Å². The zero-order valence-electron chi connectivity index (χ0n) is 15.5. The number of carbonyl (C=O) groups is 1. The Kier molecular flexibility index (Phi) is 5.93. The first-order chi connectivity index (χ1) is 13.1. The van der Waals surface area contributed by atoms with E-state index >= 15 is 0 Å². The summed E-state index contributed by atoms with van der Waals surface area (Å²) in [6.45, 7) is 0.689. The normalized spacial score (nSPS) is 12.3. The lowest BCUT2D eigenvalue weighted by atomic mass is 10.1. The molecule has 140 valence electrons. The van der Waals surface area contributed by atoms with Crippen LogP contribution in [0.5, 0.6) is 0 Å². The molecule has 7 heteroatoms. The van der Waals surface area contributed by atoms with Crippen molar-refractivity contribution in [3.63, 3.8) is 0 Å². The molecule has 3 rings (SSSR count). The zero-order valence-corrected chi connectivity index (χ0v) is 15.5. The summed E-state index contributed by atoms with van der Waals surface area (Å²) >= 11 is 0. The van der Waals surface area contributed by atoms with E-state index in [0.29, 0.717) is 17.4 Å². The van der Waals surface area contributed by atoms with Gasteiger partial charge in [-0.05, 0) is 31.8 Å². The van der Waals surface area contributed by atoms with Crippen LogP contribution in [0.2, 0.25) is 0 Å². The fraction of sp³-hybridized carbons (Fsp3) is 0.300. The third kappa shape index (κ3) is 4.57. The molecule has 0 aliphatic heterocycles. The SMILES string of the molecule is CN(C)[C@@H](CNC(=O)CCn1nnc2ccccc2c1=O)c1ccccc1. The molecule has 0 aliphatic rings. The molecule has 1 amide bonds. The Morgan fingerprint density at radius 2 is 1.81 bits per heavy atom. The van der Waals surface area contributed by atoms with Gasteiger partial charge in [0.15, 0.2) is 0 Å². The maximum atomic E-state index is 12.4. The van der Waals surface area contributed by atoms with Crippen LogP contribution in [0.3, 0.4) is 0 Å². The minimum absolute atomic E-state index is 0.0818. The predicted molar refractivity (Wildman–Crippen MR) is 104 cm³/mol. The van der Waals surface area contributed by atoms with E-state index in [0.717, 1.165) is 5.56 Å². The van der Waals surface area contributed by atoms with Gasteiger partial charge in [-0.1, -0.05) is 47.7 Å². The number of nitrogens with one attached hydrogen (secondary N) is 1. The molecule has 0 saturated carbocycles. The van der Waals surface area contributed by atoms with Crippen molar-refractivity contribution < 1.29 is 4.79 Å². The van der Waals surface area contributed by atoms with E-state index in [2.05, 4.69) is 20.5 Å². The number of rotatable bonds is 7. The topological polar surface area (TPSA) is 80.1 Å². The molecule has 0 fully saturated rings. The molecular weight excluding hydrogens is 342 g/mol. The highest BCUT2D eigenvalue weighted by molar-refractivity contribution is 5.77. The quantitative estimate of drug-likeness (QED) is 0.688. The number of aryl methyl sites for hydroxylation is 1. The lowest BCUT2D eigenvalue weighted by Gasteiger charge is -2.25. The molecular formula is C20H23N5O2. The van der Waals surface area contributed by atoms with E-state index in [-0.39, 0.29) is 30.5 Å². The highest BCUT2D eigenvalue weighted by Crippen LogP contribution is 2.16. The summed E-state index contributed by atoms with van der Waals surface area (Å²) in [5, 5.41) is 11.4.